The second kappa shape index (κ2) is 7.28. The van der Waals surface area contributed by atoms with Crippen molar-refractivity contribution in [1.29, 1.82) is 0 Å². The number of para-hydroxylation sites is 1. The van der Waals surface area contributed by atoms with E-state index in [1.165, 1.54) is 0 Å². The summed E-state index contributed by atoms with van der Waals surface area (Å²) in [6, 6.07) is 24.0. The molecule has 0 radical (unpaired) electrons. The first-order valence-corrected chi connectivity index (χ1v) is 9.34. The zero-order valence-corrected chi connectivity index (χ0v) is 15.9. The van der Waals surface area contributed by atoms with Gasteiger partial charge in [-0.25, -0.2) is 0 Å². The molecule has 0 aliphatic rings. The van der Waals surface area contributed by atoms with E-state index in [4.69, 9.17) is 4.74 Å². The first-order chi connectivity index (χ1) is 13.6. The highest BCUT2D eigenvalue weighted by Gasteiger charge is 2.35. The SMILES string of the molecule is C=CCOc1ccc([C@@](C)(c2ccccc2)c2c[nH]c3ccccc23)c(O)c1. The van der Waals surface area contributed by atoms with Gasteiger partial charge >= 0.3 is 0 Å². The number of hydrogen-bond acceptors (Lipinski definition) is 2. The summed E-state index contributed by atoms with van der Waals surface area (Å²) >= 11 is 0. The third kappa shape index (κ3) is 2.95. The maximum Gasteiger partial charge on any atom is 0.123 e. The zero-order valence-electron chi connectivity index (χ0n) is 15.9. The van der Waals surface area contributed by atoms with Gasteiger partial charge in [0.2, 0.25) is 0 Å². The van der Waals surface area contributed by atoms with Crippen LogP contribution in [-0.2, 0) is 5.41 Å². The van der Waals surface area contributed by atoms with Crippen LogP contribution in [0.1, 0.15) is 23.6 Å². The first-order valence-electron chi connectivity index (χ1n) is 9.34. The van der Waals surface area contributed by atoms with Crippen molar-refractivity contribution in [3.05, 3.63) is 108 Å². The second-order valence-electron chi connectivity index (χ2n) is 7.02. The molecule has 0 aliphatic heterocycles. The van der Waals surface area contributed by atoms with E-state index in [0.29, 0.717) is 12.4 Å². The highest BCUT2D eigenvalue weighted by Crippen LogP contribution is 2.45. The van der Waals surface area contributed by atoms with Crippen molar-refractivity contribution in [1.82, 2.24) is 4.98 Å². The van der Waals surface area contributed by atoms with Crippen LogP contribution in [0, 0.1) is 0 Å². The van der Waals surface area contributed by atoms with Crippen molar-refractivity contribution in [2.24, 2.45) is 0 Å². The zero-order chi connectivity index (χ0) is 19.6. The number of benzene rings is 3. The summed E-state index contributed by atoms with van der Waals surface area (Å²) in [7, 11) is 0. The Morgan fingerprint density at radius 2 is 1.75 bits per heavy atom. The summed E-state index contributed by atoms with van der Waals surface area (Å²) in [5.74, 6) is 0.827. The smallest absolute Gasteiger partial charge is 0.123 e. The predicted molar refractivity (Wildman–Crippen MR) is 114 cm³/mol. The molecular formula is C25H23NO2. The Kier molecular flexibility index (Phi) is 4.66. The topological polar surface area (TPSA) is 45.2 Å². The Labute approximate surface area is 164 Å². The van der Waals surface area contributed by atoms with Crippen LogP contribution in [0.3, 0.4) is 0 Å². The Hall–Kier alpha value is -3.46. The summed E-state index contributed by atoms with van der Waals surface area (Å²) in [6.45, 7) is 6.22. The number of ether oxygens (including phenoxy) is 1. The third-order valence-corrected chi connectivity index (χ3v) is 5.35. The van der Waals surface area contributed by atoms with Gasteiger partial charge in [-0.1, -0.05) is 67.3 Å². The third-order valence-electron chi connectivity index (χ3n) is 5.35. The maximum atomic E-state index is 10.9. The number of aromatic hydroxyl groups is 1. The molecule has 0 spiro atoms. The van der Waals surface area contributed by atoms with Crippen LogP contribution in [0.5, 0.6) is 11.5 Å². The number of aromatic nitrogens is 1. The average Bonchev–Trinajstić information content (AvgIpc) is 3.17. The monoisotopic (exact) mass is 369 g/mol. The van der Waals surface area contributed by atoms with Crippen molar-refractivity contribution < 1.29 is 9.84 Å². The molecule has 0 saturated heterocycles. The summed E-state index contributed by atoms with van der Waals surface area (Å²) in [6.07, 6.45) is 3.73. The van der Waals surface area contributed by atoms with Crippen molar-refractivity contribution in [2.45, 2.75) is 12.3 Å². The molecule has 28 heavy (non-hydrogen) atoms. The molecule has 3 nitrogen and oxygen atoms in total. The molecule has 0 amide bonds. The molecular weight excluding hydrogens is 346 g/mol. The molecule has 4 aromatic rings. The van der Waals surface area contributed by atoms with Gasteiger partial charge in [0.25, 0.3) is 0 Å². The van der Waals surface area contributed by atoms with Crippen molar-refractivity contribution in [2.75, 3.05) is 6.61 Å². The van der Waals surface area contributed by atoms with Crippen LogP contribution in [0.4, 0.5) is 0 Å². The molecule has 3 heteroatoms. The minimum atomic E-state index is -0.540. The van der Waals surface area contributed by atoms with E-state index in [9.17, 15) is 5.11 Å². The number of hydrogen-bond donors (Lipinski definition) is 2. The molecule has 1 heterocycles. The van der Waals surface area contributed by atoms with Crippen molar-refractivity contribution in [3.63, 3.8) is 0 Å². The summed E-state index contributed by atoms with van der Waals surface area (Å²) in [4.78, 5) is 3.37. The summed E-state index contributed by atoms with van der Waals surface area (Å²) < 4.78 is 5.59. The molecule has 2 N–H and O–H groups in total. The lowest BCUT2D eigenvalue weighted by atomic mass is 9.70. The molecule has 3 aromatic carbocycles. The Morgan fingerprint density at radius 3 is 2.50 bits per heavy atom. The Bertz CT molecular complexity index is 1110. The molecule has 1 atom stereocenters. The fraction of sp³-hybridized carbons (Fsp3) is 0.120. The number of phenolic OH excluding ortho intramolecular Hbond substituents is 1. The molecule has 0 bridgehead atoms. The van der Waals surface area contributed by atoms with Crippen LogP contribution < -0.4 is 4.74 Å². The van der Waals surface area contributed by atoms with E-state index in [1.54, 1.807) is 12.1 Å². The van der Waals surface area contributed by atoms with E-state index in [-0.39, 0.29) is 5.75 Å². The molecule has 1 aromatic heterocycles. The summed E-state index contributed by atoms with van der Waals surface area (Å²) in [5.41, 5.74) is 3.58. The molecule has 0 fully saturated rings. The van der Waals surface area contributed by atoms with Crippen LogP contribution in [0.15, 0.2) is 91.6 Å². The predicted octanol–water partition coefficient (Wildman–Crippen LogP) is 5.79. The van der Waals surface area contributed by atoms with Gasteiger partial charge in [0, 0.05) is 34.1 Å². The van der Waals surface area contributed by atoms with Gasteiger partial charge in [-0.2, -0.15) is 0 Å². The first kappa shape index (κ1) is 17.9. The van der Waals surface area contributed by atoms with Crippen molar-refractivity contribution >= 4 is 10.9 Å². The largest absolute Gasteiger partial charge is 0.507 e. The van der Waals surface area contributed by atoms with Gasteiger partial charge in [-0.05, 0) is 30.2 Å². The van der Waals surface area contributed by atoms with Gasteiger partial charge < -0.3 is 14.8 Å². The van der Waals surface area contributed by atoms with Crippen molar-refractivity contribution in [3.8, 4) is 11.5 Å². The normalized spacial score (nSPS) is 13.2. The lowest BCUT2D eigenvalue weighted by Crippen LogP contribution is -2.25. The van der Waals surface area contributed by atoms with E-state index in [2.05, 4.69) is 42.8 Å². The highest BCUT2D eigenvalue weighted by molar-refractivity contribution is 5.86. The number of rotatable bonds is 6. The second-order valence-corrected chi connectivity index (χ2v) is 7.02. The van der Waals surface area contributed by atoms with Gasteiger partial charge in [0.1, 0.15) is 18.1 Å². The van der Waals surface area contributed by atoms with Crippen LogP contribution >= 0.6 is 0 Å². The number of H-pyrrole nitrogens is 1. The standard InChI is InChI=1S/C25H23NO2/c1-3-15-28-19-13-14-21(24(27)16-19)25(2,18-9-5-4-6-10-18)22-17-26-23-12-8-7-11-20(22)23/h3-14,16-17,26-27H,1,15H2,2H3/t25-/m1/s1. The fourth-order valence-corrected chi connectivity index (χ4v) is 3.89. The number of nitrogens with one attached hydrogen (secondary N) is 1. The van der Waals surface area contributed by atoms with E-state index in [0.717, 1.165) is 27.6 Å². The fourth-order valence-electron chi connectivity index (χ4n) is 3.89. The Morgan fingerprint density at radius 1 is 1.00 bits per heavy atom. The minimum Gasteiger partial charge on any atom is -0.507 e. The quantitative estimate of drug-likeness (QED) is 0.422. The molecule has 0 aliphatic carbocycles. The van der Waals surface area contributed by atoms with Gasteiger partial charge in [0.05, 0.1) is 0 Å². The number of aromatic amines is 1. The molecule has 0 saturated carbocycles. The lowest BCUT2D eigenvalue weighted by Gasteiger charge is -2.32. The minimum absolute atomic E-state index is 0.207. The van der Waals surface area contributed by atoms with E-state index in [1.807, 2.05) is 48.7 Å². The van der Waals surface area contributed by atoms with Gasteiger partial charge in [-0.3, -0.25) is 0 Å². The van der Waals surface area contributed by atoms with E-state index < -0.39 is 5.41 Å². The van der Waals surface area contributed by atoms with E-state index >= 15 is 0 Å². The van der Waals surface area contributed by atoms with Gasteiger partial charge in [-0.15, -0.1) is 0 Å². The number of phenols is 1. The number of fused-ring (bicyclic) bond motifs is 1. The van der Waals surface area contributed by atoms with Gasteiger partial charge in [0.15, 0.2) is 0 Å². The lowest BCUT2D eigenvalue weighted by molar-refractivity contribution is 0.358. The van der Waals surface area contributed by atoms with Crippen LogP contribution in [0.2, 0.25) is 0 Å². The molecule has 4 rings (SSSR count). The maximum absolute atomic E-state index is 10.9. The van der Waals surface area contributed by atoms with Crippen LogP contribution in [-0.4, -0.2) is 16.7 Å². The summed E-state index contributed by atoms with van der Waals surface area (Å²) in [5, 5.41) is 12.1. The van der Waals surface area contributed by atoms with Crippen LogP contribution in [0.25, 0.3) is 10.9 Å². The molecule has 140 valence electrons. The Balaban J connectivity index is 1.94. The molecule has 0 unspecified atom stereocenters. The average molecular weight is 369 g/mol. The highest BCUT2D eigenvalue weighted by atomic mass is 16.5.